The molecule has 1 N–H and O–H groups in total. The van der Waals surface area contributed by atoms with E-state index in [1.165, 1.54) is 0 Å². The van der Waals surface area contributed by atoms with Crippen LogP contribution in [0.25, 0.3) is 33.7 Å². The molecule has 0 radical (unpaired) electrons. The summed E-state index contributed by atoms with van der Waals surface area (Å²) in [4.78, 5) is 0. The molecule has 3 aromatic carbocycles. The fourth-order valence-electron chi connectivity index (χ4n) is 5.39. The Morgan fingerprint density at radius 3 is 2.47 bits per heavy atom. The number of rotatable bonds is 12. The van der Waals surface area contributed by atoms with Crippen LogP contribution in [0, 0.1) is 0 Å². The molecular weight excluding hydrogens is 649 g/mol. The Hall–Kier alpha value is -4.29. The summed E-state index contributed by atoms with van der Waals surface area (Å²) in [6.45, 7) is 1.17. The molecule has 0 spiro atoms. The van der Waals surface area contributed by atoms with Crippen molar-refractivity contribution in [2.75, 3.05) is 0 Å². The van der Waals surface area contributed by atoms with Gasteiger partial charge in [0.25, 0.3) is 0 Å². The summed E-state index contributed by atoms with van der Waals surface area (Å²) in [6, 6.07) is 23.0. The number of halogens is 4. The lowest BCUT2D eigenvalue weighted by Crippen LogP contribution is -2.21. The van der Waals surface area contributed by atoms with Gasteiger partial charge in [-0.2, -0.15) is 23.5 Å². The highest BCUT2D eigenvalue weighted by Gasteiger charge is 2.31. The number of hydrogen-bond donors (Lipinski definition) is 1. The molecule has 0 atom stereocenters. The number of unbranched alkanes of at least 4 members (excludes halogenated alkanes) is 1. The van der Waals surface area contributed by atoms with Crippen molar-refractivity contribution in [3.8, 4) is 22.7 Å². The van der Waals surface area contributed by atoms with Crippen molar-refractivity contribution in [2.24, 2.45) is 0 Å². The van der Waals surface area contributed by atoms with Crippen LogP contribution in [0.3, 0.4) is 0 Å². The smallest absolute Gasteiger partial charge is 0.408 e. The quantitative estimate of drug-likeness (QED) is 0.140. The third kappa shape index (κ3) is 7.02. The number of benzene rings is 3. The highest BCUT2D eigenvalue weighted by atomic mass is 79.9. The Kier molecular flexibility index (Phi) is 9.13. The van der Waals surface area contributed by atoms with E-state index in [0.29, 0.717) is 41.4 Å². The molecule has 45 heavy (non-hydrogen) atoms. The Morgan fingerprint density at radius 1 is 0.956 bits per heavy atom. The second-order valence-corrected chi connectivity index (χ2v) is 11.6. The van der Waals surface area contributed by atoms with E-state index < -0.39 is 12.7 Å². The molecule has 6 rings (SSSR count). The molecular formula is C33H30BrF3N6O2. The van der Waals surface area contributed by atoms with Gasteiger partial charge >= 0.3 is 6.18 Å². The van der Waals surface area contributed by atoms with Gasteiger partial charge < -0.3 is 9.15 Å². The fraction of sp³-hybridized carbons (Fsp3) is 0.273. The van der Waals surface area contributed by atoms with E-state index >= 15 is 0 Å². The number of aromatic amines is 1. The molecule has 6 aromatic rings. The van der Waals surface area contributed by atoms with E-state index in [0.717, 1.165) is 55.2 Å². The zero-order valence-corrected chi connectivity index (χ0v) is 26.0. The number of furan rings is 1. The Labute approximate surface area is 265 Å². The van der Waals surface area contributed by atoms with Crippen LogP contribution in [0.1, 0.15) is 47.8 Å². The summed E-state index contributed by atoms with van der Waals surface area (Å²) in [5.74, 6) is 1.05. The van der Waals surface area contributed by atoms with Crippen molar-refractivity contribution in [2.45, 2.75) is 58.5 Å². The van der Waals surface area contributed by atoms with Crippen molar-refractivity contribution in [3.63, 3.8) is 0 Å². The summed E-state index contributed by atoms with van der Waals surface area (Å²) in [6.07, 6.45) is -1.74. The molecule has 0 bridgehead atoms. The minimum Gasteiger partial charge on any atom is -0.455 e. The topological polar surface area (TPSA) is 94.6 Å². The molecule has 0 aliphatic heterocycles. The molecule has 3 heterocycles. The van der Waals surface area contributed by atoms with Gasteiger partial charge in [0.2, 0.25) is 5.82 Å². The molecule has 0 aliphatic carbocycles. The summed E-state index contributed by atoms with van der Waals surface area (Å²) in [5, 5.41) is 19.7. The van der Waals surface area contributed by atoms with E-state index in [1.807, 2.05) is 72.8 Å². The number of ether oxygens (including phenoxy) is 1. The van der Waals surface area contributed by atoms with Crippen molar-refractivity contribution in [1.29, 1.82) is 0 Å². The van der Waals surface area contributed by atoms with Gasteiger partial charge in [0, 0.05) is 28.5 Å². The normalized spacial score (nSPS) is 11.9. The molecule has 0 saturated carbocycles. The molecule has 0 saturated heterocycles. The molecule has 8 nitrogen and oxygen atoms in total. The van der Waals surface area contributed by atoms with Gasteiger partial charge in [0.1, 0.15) is 17.9 Å². The maximum Gasteiger partial charge on any atom is 0.408 e. The molecule has 3 aromatic heterocycles. The number of nitrogens with one attached hydrogen (secondary N) is 1. The SMILES string of the molecule is CCCCc1nn(CC(F)(F)F)c(COCc2ccccc2)c1Cc1ccc2oc(-c3ccccc3-c3nn[nH]n3)c(Br)c2c1. The van der Waals surface area contributed by atoms with Gasteiger partial charge in [0.05, 0.1) is 29.1 Å². The Bertz CT molecular complexity index is 1880. The van der Waals surface area contributed by atoms with E-state index in [2.05, 4.69) is 48.6 Å². The van der Waals surface area contributed by atoms with Crippen LogP contribution in [0.2, 0.25) is 0 Å². The lowest BCUT2D eigenvalue weighted by molar-refractivity contribution is -0.143. The summed E-state index contributed by atoms with van der Waals surface area (Å²) < 4.78 is 55.1. The van der Waals surface area contributed by atoms with Crippen LogP contribution < -0.4 is 0 Å². The Balaban J connectivity index is 1.36. The number of nitrogens with zero attached hydrogens (tertiary/aromatic N) is 5. The Morgan fingerprint density at radius 2 is 1.73 bits per heavy atom. The summed E-state index contributed by atoms with van der Waals surface area (Å²) >= 11 is 3.74. The molecule has 232 valence electrons. The van der Waals surface area contributed by atoms with E-state index in [9.17, 15) is 13.2 Å². The van der Waals surface area contributed by atoms with Crippen LogP contribution in [0.15, 0.2) is 81.7 Å². The molecule has 0 aliphatic rings. The zero-order chi connectivity index (χ0) is 31.4. The van der Waals surface area contributed by atoms with Gasteiger partial charge in [0.15, 0.2) is 0 Å². The third-order valence-electron chi connectivity index (χ3n) is 7.53. The van der Waals surface area contributed by atoms with Crippen LogP contribution in [0.4, 0.5) is 13.2 Å². The first-order valence-electron chi connectivity index (χ1n) is 14.6. The number of H-pyrrole nitrogens is 1. The first-order valence-corrected chi connectivity index (χ1v) is 15.4. The second-order valence-electron chi connectivity index (χ2n) is 10.8. The van der Waals surface area contributed by atoms with Crippen molar-refractivity contribution >= 4 is 26.9 Å². The average molecular weight is 680 g/mol. The van der Waals surface area contributed by atoms with Crippen molar-refractivity contribution in [3.05, 3.63) is 105 Å². The molecule has 12 heteroatoms. The highest BCUT2D eigenvalue weighted by molar-refractivity contribution is 9.10. The summed E-state index contributed by atoms with van der Waals surface area (Å²) in [5.41, 5.74) is 5.93. The summed E-state index contributed by atoms with van der Waals surface area (Å²) in [7, 11) is 0. The predicted molar refractivity (Wildman–Crippen MR) is 167 cm³/mol. The van der Waals surface area contributed by atoms with Crippen molar-refractivity contribution in [1.82, 2.24) is 30.4 Å². The van der Waals surface area contributed by atoms with Crippen molar-refractivity contribution < 1.29 is 22.3 Å². The number of alkyl halides is 3. The standard InChI is InChI=1S/C33H30BrF3N6O2/c1-2-3-13-27-25(28(43(40-27)20-33(35,36)37)19-44-18-21-9-5-4-6-10-21)16-22-14-15-29-26(17-22)30(34)31(45-29)23-11-7-8-12-24(23)32-38-41-42-39-32/h4-12,14-15,17H,2-3,13,16,18-20H2,1H3,(H,38,39,41,42). The van der Waals surface area contributed by atoms with Crippen LogP contribution in [0.5, 0.6) is 0 Å². The first kappa shape index (κ1) is 30.7. The average Bonchev–Trinajstić information content (AvgIpc) is 3.75. The van der Waals surface area contributed by atoms with E-state index in [-0.39, 0.29) is 13.2 Å². The van der Waals surface area contributed by atoms with Crippen LogP contribution in [-0.4, -0.2) is 36.6 Å². The maximum atomic E-state index is 13.7. The third-order valence-corrected chi connectivity index (χ3v) is 8.31. The predicted octanol–water partition coefficient (Wildman–Crippen LogP) is 8.45. The van der Waals surface area contributed by atoms with Crippen LogP contribution >= 0.6 is 15.9 Å². The van der Waals surface area contributed by atoms with Gasteiger partial charge in [-0.15, -0.1) is 10.2 Å². The molecule has 0 amide bonds. The number of fused-ring (bicyclic) bond motifs is 1. The minimum atomic E-state index is -4.42. The number of aromatic nitrogens is 6. The van der Waals surface area contributed by atoms with Gasteiger partial charge in [-0.3, -0.25) is 4.68 Å². The van der Waals surface area contributed by atoms with E-state index in [4.69, 9.17) is 9.15 Å². The number of hydrogen-bond acceptors (Lipinski definition) is 6. The lowest BCUT2D eigenvalue weighted by Gasteiger charge is -2.13. The molecule has 0 unspecified atom stereocenters. The monoisotopic (exact) mass is 678 g/mol. The molecule has 0 fully saturated rings. The minimum absolute atomic E-state index is 0.00803. The second kappa shape index (κ2) is 13.4. The van der Waals surface area contributed by atoms with Crippen LogP contribution in [-0.2, 0) is 37.3 Å². The van der Waals surface area contributed by atoms with Gasteiger partial charge in [-0.05, 0) is 57.2 Å². The first-order chi connectivity index (χ1) is 21.8. The number of tetrazole rings is 1. The van der Waals surface area contributed by atoms with Gasteiger partial charge in [-0.1, -0.05) is 74.0 Å². The maximum absolute atomic E-state index is 13.7. The fourth-order valence-corrected chi connectivity index (χ4v) is 6.00. The zero-order valence-electron chi connectivity index (χ0n) is 24.4. The number of aryl methyl sites for hydroxylation is 1. The highest BCUT2D eigenvalue weighted by Crippen LogP contribution is 2.41. The van der Waals surface area contributed by atoms with E-state index in [1.54, 1.807) is 0 Å². The lowest BCUT2D eigenvalue weighted by atomic mass is 9.99. The largest absolute Gasteiger partial charge is 0.455 e. The van der Waals surface area contributed by atoms with Gasteiger partial charge in [-0.25, -0.2) is 0 Å².